The summed E-state index contributed by atoms with van der Waals surface area (Å²) < 4.78 is 5.23. The lowest BCUT2D eigenvalue weighted by atomic mass is 10.1. The van der Waals surface area contributed by atoms with Crippen molar-refractivity contribution in [1.82, 2.24) is 5.32 Å². The molecule has 1 aromatic rings. The molecule has 98 valence electrons. The first kappa shape index (κ1) is 12.9. The molecule has 5 heteroatoms. The van der Waals surface area contributed by atoms with Crippen molar-refractivity contribution in [3.63, 3.8) is 0 Å². The van der Waals surface area contributed by atoms with Crippen LogP contribution in [0.5, 0.6) is 5.75 Å². The number of hydrogen-bond donors (Lipinski definition) is 3. The molecule has 1 saturated heterocycles. The summed E-state index contributed by atoms with van der Waals surface area (Å²) in [6, 6.07) is 4.87. The van der Waals surface area contributed by atoms with E-state index >= 15 is 0 Å². The minimum absolute atomic E-state index is 0.0808. The van der Waals surface area contributed by atoms with Gasteiger partial charge in [-0.25, -0.2) is 0 Å². The van der Waals surface area contributed by atoms with Gasteiger partial charge in [0.2, 0.25) is 5.91 Å². The average molecular weight is 250 g/mol. The Bertz CT molecular complexity index is 428. The number of benzene rings is 1. The second-order valence-electron chi connectivity index (χ2n) is 4.28. The second kappa shape index (κ2) is 5.84. The number of anilines is 1. The number of rotatable bonds is 3. The number of phenolic OH excluding ortho intramolecular Hbond substituents is 1. The highest BCUT2D eigenvalue weighted by Gasteiger charge is 2.21. The van der Waals surface area contributed by atoms with Crippen LogP contribution in [0.15, 0.2) is 18.2 Å². The molecule has 5 nitrogen and oxygen atoms in total. The van der Waals surface area contributed by atoms with Crippen LogP contribution in [0.3, 0.4) is 0 Å². The quantitative estimate of drug-likeness (QED) is 0.696. The third-order valence-electron chi connectivity index (χ3n) is 2.97. The van der Waals surface area contributed by atoms with Gasteiger partial charge < -0.3 is 20.5 Å². The molecule has 1 unspecified atom stereocenters. The van der Waals surface area contributed by atoms with Gasteiger partial charge in [0.15, 0.2) is 0 Å². The normalized spacial score (nSPS) is 19.5. The van der Waals surface area contributed by atoms with Crippen molar-refractivity contribution in [2.75, 3.05) is 25.1 Å². The number of hydrogen-bond acceptors (Lipinski definition) is 4. The predicted octanol–water partition coefficient (Wildman–Crippen LogP) is 0.881. The molecule has 0 bridgehead atoms. The Morgan fingerprint density at radius 2 is 2.44 bits per heavy atom. The van der Waals surface area contributed by atoms with Crippen LogP contribution in [-0.2, 0) is 16.0 Å². The summed E-state index contributed by atoms with van der Waals surface area (Å²) >= 11 is 0. The maximum Gasteiger partial charge on any atom is 0.244 e. The monoisotopic (exact) mass is 250 g/mol. The van der Waals surface area contributed by atoms with E-state index in [1.165, 1.54) is 0 Å². The van der Waals surface area contributed by atoms with Gasteiger partial charge in [-0.05, 0) is 24.1 Å². The Labute approximate surface area is 106 Å². The maximum absolute atomic E-state index is 12.0. The molecule has 0 radical (unpaired) electrons. The SMILES string of the molecule is CCc1ccc(O)c(NC(=O)C2COCCN2)c1. The Balaban J connectivity index is 2.05. The average Bonchev–Trinajstić information content (AvgIpc) is 2.42. The fourth-order valence-electron chi connectivity index (χ4n) is 1.86. The number of carbonyl (C=O) groups excluding carboxylic acids is 1. The Kier molecular flexibility index (Phi) is 4.17. The first-order valence-electron chi connectivity index (χ1n) is 6.14. The van der Waals surface area contributed by atoms with E-state index in [1.54, 1.807) is 12.1 Å². The topological polar surface area (TPSA) is 70.6 Å². The van der Waals surface area contributed by atoms with Crippen molar-refractivity contribution in [3.05, 3.63) is 23.8 Å². The van der Waals surface area contributed by atoms with Gasteiger partial charge >= 0.3 is 0 Å². The van der Waals surface area contributed by atoms with E-state index in [0.29, 0.717) is 25.4 Å². The molecule has 1 aromatic carbocycles. The smallest absolute Gasteiger partial charge is 0.244 e. The number of phenols is 1. The zero-order chi connectivity index (χ0) is 13.0. The largest absolute Gasteiger partial charge is 0.506 e. The number of nitrogens with one attached hydrogen (secondary N) is 2. The van der Waals surface area contributed by atoms with Crippen molar-refractivity contribution in [2.24, 2.45) is 0 Å². The third-order valence-corrected chi connectivity index (χ3v) is 2.97. The maximum atomic E-state index is 12.0. The molecule has 3 N–H and O–H groups in total. The number of morpholine rings is 1. The summed E-state index contributed by atoms with van der Waals surface area (Å²) in [5.41, 5.74) is 1.52. The standard InChI is InChI=1S/C13H18N2O3/c1-2-9-3-4-12(16)10(7-9)15-13(17)11-8-18-6-5-14-11/h3-4,7,11,14,16H,2,5-6,8H2,1H3,(H,15,17). The molecule has 18 heavy (non-hydrogen) atoms. The van der Waals surface area contributed by atoms with Crippen molar-refractivity contribution in [1.29, 1.82) is 0 Å². The Morgan fingerprint density at radius 3 is 3.11 bits per heavy atom. The minimum Gasteiger partial charge on any atom is -0.506 e. The molecule has 1 amide bonds. The van der Waals surface area contributed by atoms with E-state index < -0.39 is 0 Å². The molecule has 1 atom stereocenters. The third kappa shape index (κ3) is 3.00. The van der Waals surface area contributed by atoms with Crippen molar-refractivity contribution >= 4 is 11.6 Å². The van der Waals surface area contributed by atoms with E-state index in [9.17, 15) is 9.90 Å². The molecule has 0 aromatic heterocycles. The highest BCUT2D eigenvalue weighted by atomic mass is 16.5. The van der Waals surface area contributed by atoms with E-state index in [2.05, 4.69) is 10.6 Å². The predicted molar refractivity (Wildman–Crippen MR) is 68.7 cm³/mol. The van der Waals surface area contributed by atoms with E-state index in [1.807, 2.05) is 13.0 Å². The van der Waals surface area contributed by atoms with Gasteiger partial charge in [0.05, 0.1) is 18.9 Å². The van der Waals surface area contributed by atoms with Crippen LogP contribution in [0.4, 0.5) is 5.69 Å². The van der Waals surface area contributed by atoms with Crippen LogP contribution in [0, 0.1) is 0 Å². The van der Waals surface area contributed by atoms with Crippen molar-refractivity contribution in [2.45, 2.75) is 19.4 Å². The lowest BCUT2D eigenvalue weighted by Crippen LogP contribution is -2.48. The second-order valence-corrected chi connectivity index (χ2v) is 4.28. The number of aromatic hydroxyl groups is 1. The zero-order valence-electron chi connectivity index (χ0n) is 10.4. The first-order chi connectivity index (χ1) is 8.70. The molecule has 1 aliphatic rings. The van der Waals surface area contributed by atoms with Gasteiger partial charge in [0, 0.05) is 6.54 Å². The molecule has 0 aliphatic carbocycles. The number of aryl methyl sites for hydroxylation is 1. The molecule has 1 heterocycles. The number of carbonyl (C=O) groups is 1. The van der Waals surface area contributed by atoms with E-state index in [-0.39, 0.29) is 17.7 Å². The van der Waals surface area contributed by atoms with E-state index in [0.717, 1.165) is 12.0 Å². The van der Waals surface area contributed by atoms with Gasteiger partial charge in [-0.15, -0.1) is 0 Å². The highest BCUT2D eigenvalue weighted by Crippen LogP contribution is 2.24. The molecule has 0 saturated carbocycles. The number of amides is 1. The number of ether oxygens (including phenoxy) is 1. The van der Waals surface area contributed by atoms with Crippen LogP contribution in [0.25, 0.3) is 0 Å². The molecule has 2 rings (SSSR count). The van der Waals surface area contributed by atoms with Gasteiger partial charge in [-0.3, -0.25) is 4.79 Å². The summed E-state index contributed by atoms with van der Waals surface area (Å²) in [4.78, 5) is 12.0. The lowest BCUT2D eigenvalue weighted by Gasteiger charge is -2.23. The van der Waals surface area contributed by atoms with Crippen LogP contribution in [0.2, 0.25) is 0 Å². The van der Waals surface area contributed by atoms with Gasteiger partial charge in [-0.1, -0.05) is 13.0 Å². The first-order valence-corrected chi connectivity index (χ1v) is 6.14. The van der Waals surface area contributed by atoms with Crippen LogP contribution in [-0.4, -0.2) is 36.8 Å². The summed E-state index contributed by atoms with van der Waals surface area (Å²) in [7, 11) is 0. The summed E-state index contributed by atoms with van der Waals surface area (Å²) in [5.74, 6) is -0.101. The van der Waals surface area contributed by atoms with Gasteiger partial charge in [0.1, 0.15) is 11.8 Å². The summed E-state index contributed by atoms with van der Waals surface area (Å²) in [6.07, 6.45) is 0.855. The van der Waals surface area contributed by atoms with Crippen LogP contribution < -0.4 is 10.6 Å². The highest BCUT2D eigenvalue weighted by molar-refractivity contribution is 5.96. The molecule has 1 aliphatic heterocycles. The summed E-state index contributed by atoms with van der Waals surface area (Å²) in [5, 5.41) is 15.5. The molecular weight excluding hydrogens is 232 g/mol. The van der Waals surface area contributed by atoms with Gasteiger partial charge in [-0.2, -0.15) is 0 Å². The molecular formula is C13H18N2O3. The molecule has 0 spiro atoms. The lowest BCUT2D eigenvalue weighted by molar-refractivity contribution is -0.120. The molecule has 1 fully saturated rings. The Hall–Kier alpha value is -1.59. The van der Waals surface area contributed by atoms with Crippen LogP contribution >= 0.6 is 0 Å². The fraction of sp³-hybridized carbons (Fsp3) is 0.462. The van der Waals surface area contributed by atoms with Crippen molar-refractivity contribution < 1.29 is 14.6 Å². The van der Waals surface area contributed by atoms with Gasteiger partial charge in [0.25, 0.3) is 0 Å². The Morgan fingerprint density at radius 1 is 1.61 bits per heavy atom. The zero-order valence-corrected chi connectivity index (χ0v) is 10.4. The van der Waals surface area contributed by atoms with Crippen molar-refractivity contribution in [3.8, 4) is 5.75 Å². The minimum atomic E-state index is -0.358. The summed E-state index contributed by atoms with van der Waals surface area (Å²) in [6.45, 7) is 3.67. The van der Waals surface area contributed by atoms with E-state index in [4.69, 9.17) is 4.74 Å². The fourth-order valence-corrected chi connectivity index (χ4v) is 1.86. The van der Waals surface area contributed by atoms with Crippen LogP contribution in [0.1, 0.15) is 12.5 Å².